The lowest BCUT2D eigenvalue weighted by Crippen LogP contribution is -2.41. The first-order valence-electron chi connectivity index (χ1n) is 4.94. The minimum atomic E-state index is -0.417. The molecule has 0 aliphatic heterocycles. The average molecular weight is 220 g/mol. The van der Waals surface area contributed by atoms with Gasteiger partial charge in [-0.25, -0.2) is 0 Å². The van der Waals surface area contributed by atoms with Crippen LogP contribution in [0, 0.1) is 22.7 Å². The van der Waals surface area contributed by atoms with Gasteiger partial charge in [-0.05, 0) is 20.8 Å². The molecule has 0 saturated carbocycles. The minimum absolute atomic E-state index is 0.00728. The second-order valence-electron chi connectivity index (χ2n) is 4.24. The summed E-state index contributed by atoms with van der Waals surface area (Å²) >= 11 is 0. The minimum Gasteiger partial charge on any atom is -0.389 e. The van der Waals surface area contributed by atoms with Gasteiger partial charge >= 0.3 is 0 Å². The van der Waals surface area contributed by atoms with E-state index in [4.69, 9.17) is 10.5 Å². The highest BCUT2D eigenvalue weighted by Crippen LogP contribution is 2.01. The first-order valence-corrected chi connectivity index (χ1v) is 4.94. The van der Waals surface area contributed by atoms with Gasteiger partial charge in [0.1, 0.15) is 11.6 Å². The molecule has 0 aromatic rings. The maximum atomic E-state index is 11.5. The molecule has 0 unspecified atom stereocenters. The summed E-state index contributed by atoms with van der Waals surface area (Å²) < 4.78 is 0. The molecule has 5 nitrogen and oxygen atoms in total. The van der Waals surface area contributed by atoms with Gasteiger partial charge in [-0.1, -0.05) is 0 Å². The summed E-state index contributed by atoms with van der Waals surface area (Å²) in [6, 6.07) is 3.76. The van der Waals surface area contributed by atoms with Crippen molar-refractivity contribution < 1.29 is 4.79 Å². The fraction of sp³-hybridized carbons (Fsp3) is 0.545. The van der Waals surface area contributed by atoms with E-state index in [1.54, 1.807) is 6.07 Å². The first kappa shape index (κ1) is 14.0. The van der Waals surface area contributed by atoms with Crippen LogP contribution in [-0.2, 0) is 4.79 Å². The van der Waals surface area contributed by atoms with Crippen LogP contribution in [0.4, 0.5) is 0 Å². The van der Waals surface area contributed by atoms with Gasteiger partial charge in [-0.3, -0.25) is 4.79 Å². The highest BCUT2D eigenvalue weighted by molar-refractivity contribution is 5.97. The summed E-state index contributed by atoms with van der Waals surface area (Å²) in [4.78, 5) is 11.5. The molecule has 1 amide bonds. The molecule has 0 aromatic carbocycles. The summed E-state index contributed by atoms with van der Waals surface area (Å²) in [5.74, 6) is -0.417. The molecule has 0 aliphatic carbocycles. The number of amides is 1. The van der Waals surface area contributed by atoms with Gasteiger partial charge < -0.3 is 10.6 Å². The predicted octanol–water partition coefficient (Wildman–Crippen LogP) is 0.812. The van der Waals surface area contributed by atoms with Gasteiger partial charge in [-0.15, -0.1) is 0 Å². The molecular weight excluding hydrogens is 204 g/mol. The summed E-state index contributed by atoms with van der Waals surface area (Å²) in [5.41, 5.74) is -0.368. The van der Waals surface area contributed by atoms with E-state index >= 15 is 0 Å². The van der Waals surface area contributed by atoms with E-state index in [1.165, 1.54) is 6.20 Å². The Morgan fingerprint density at radius 2 is 2.00 bits per heavy atom. The predicted molar refractivity (Wildman–Crippen MR) is 59.8 cm³/mol. The van der Waals surface area contributed by atoms with Crippen LogP contribution in [0.2, 0.25) is 0 Å². The van der Waals surface area contributed by atoms with Crippen LogP contribution >= 0.6 is 0 Å². The third-order valence-electron chi connectivity index (χ3n) is 1.48. The first-order chi connectivity index (χ1) is 7.40. The molecule has 0 bridgehead atoms. The largest absolute Gasteiger partial charge is 0.389 e. The van der Waals surface area contributed by atoms with Crippen molar-refractivity contribution in [3.8, 4) is 12.1 Å². The van der Waals surface area contributed by atoms with Crippen molar-refractivity contribution in [3.05, 3.63) is 11.8 Å². The zero-order valence-electron chi connectivity index (χ0n) is 9.79. The van der Waals surface area contributed by atoms with Gasteiger partial charge in [0.15, 0.2) is 0 Å². The number of carbonyl (C=O) groups is 1. The number of nitriles is 2. The Bertz CT molecular complexity index is 352. The number of hydrogen-bond donors (Lipinski definition) is 2. The molecule has 0 aromatic heterocycles. The summed E-state index contributed by atoms with van der Waals surface area (Å²) in [7, 11) is 0. The van der Waals surface area contributed by atoms with Crippen molar-refractivity contribution in [3.63, 3.8) is 0 Å². The molecule has 0 heterocycles. The monoisotopic (exact) mass is 220 g/mol. The molecular formula is C11H16N4O. The number of hydrogen-bond acceptors (Lipinski definition) is 4. The van der Waals surface area contributed by atoms with Crippen LogP contribution in [-0.4, -0.2) is 18.0 Å². The Morgan fingerprint density at radius 3 is 2.44 bits per heavy atom. The SMILES string of the molecule is CC(C)(C)NC(=O)/C(C#N)=C\NCCC#N. The normalized spacial score (nSPS) is 11.2. The van der Waals surface area contributed by atoms with Gasteiger partial charge in [-0.2, -0.15) is 10.5 Å². The molecule has 0 spiro atoms. The van der Waals surface area contributed by atoms with Crippen molar-refractivity contribution in [2.75, 3.05) is 6.54 Å². The summed E-state index contributed by atoms with van der Waals surface area (Å²) in [5, 5.41) is 22.5. The Morgan fingerprint density at radius 1 is 1.38 bits per heavy atom. The van der Waals surface area contributed by atoms with Crippen molar-refractivity contribution in [2.45, 2.75) is 32.7 Å². The zero-order valence-corrected chi connectivity index (χ0v) is 9.79. The topological polar surface area (TPSA) is 88.7 Å². The smallest absolute Gasteiger partial charge is 0.263 e. The standard InChI is InChI=1S/C11H16N4O/c1-11(2,3)15-10(16)9(7-13)8-14-6-4-5-12/h8,14H,4,6H2,1-3H3,(H,15,16)/b9-8-. The Balaban J connectivity index is 4.35. The van der Waals surface area contributed by atoms with Crippen LogP contribution in [0.3, 0.4) is 0 Å². The van der Waals surface area contributed by atoms with Gasteiger partial charge in [0.25, 0.3) is 5.91 Å². The van der Waals surface area contributed by atoms with Gasteiger partial charge in [0.2, 0.25) is 0 Å². The Hall–Kier alpha value is -2.01. The van der Waals surface area contributed by atoms with E-state index in [0.717, 1.165) is 0 Å². The lowest BCUT2D eigenvalue weighted by atomic mass is 10.1. The molecule has 0 fully saturated rings. The van der Waals surface area contributed by atoms with E-state index in [-0.39, 0.29) is 11.1 Å². The number of rotatable bonds is 4. The summed E-state index contributed by atoms with van der Waals surface area (Å²) in [6.45, 7) is 5.93. The van der Waals surface area contributed by atoms with Crippen LogP contribution in [0.5, 0.6) is 0 Å². The van der Waals surface area contributed by atoms with E-state index in [9.17, 15) is 4.79 Å². The molecule has 16 heavy (non-hydrogen) atoms. The highest BCUT2D eigenvalue weighted by Gasteiger charge is 2.16. The van der Waals surface area contributed by atoms with Crippen LogP contribution in [0.15, 0.2) is 11.8 Å². The maximum absolute atomic E-state index is 11.5. The molecule has 2 N–H and O–H groups in total. The molecule has 0 radical (unpaired) electrons. The second kappa shape index (κ2) is 6.47. The molecule has 0 atom stereocenters. The number of nitrogens with zero attached hydrogens (tertiary/aromatic N) is 2. The second-order valence-corrected chi connectivity index (χ2v) is 4.24. The van der Waals surface area contributed by atoms with Crippen LogP contribution in [0.1, 0.15) is 27.2 Å². The van der Waals surface area contributed by atoms with E-state index in [1.807, 2.05) is 26.8 Å². The quantitative estimate of drug-likeness (QED) is 0.417. The van der Waals surface area contributed by atoms with Crippen LogP contribution < -0.4 is 10.6 Å². The highest BCUT2D eigenvalue weighted by atomic mass is 16.1. The third kappa shape index (κ3) is 6.44. The summed E-state index contributed by atoms with van der Waals surface area (Å²) in [6.07, 6.45) is 1.66. The van der Waals surface area contributed by atoms with Gasteiger partial charge in [0, 0.05) is 18.3 Å². The zero-order chi connectivity index (χ0) is 12.6. The average Bonchev–Trinajstić information content (AvgIpc) is 2.15. The molecule has 0 aliphatic rings. The molecule has 0 rings (SSSR count). The van der Waals surface area contributed by atoms with Crippen molar-refractivity contribution >= 4 is 5.91 Å². The molecule has 0 saturated heterocycles. The number of nitrogens with one attached hydrogen (secondary N) is 2. The van der Waals surface area contributed by atoms with E-state index in [0.29, 0.717) is 13.0 Å². The Labute approximate surface area is 95.7 Å². The Kier molecular flexibility index (Phi) is 5.66. The number of carbonyl (C=O) groups excluding carboxylic acids is 1. The maximum Gasteiger partial charge on any atom is 0.263 e. The van der Waals surface area contributed by atoms with Crippen molar-refractivity contribution in [1.82, 2.24) is 10.6 Å². The lowest BCUT2D eigenvalue weighted by molar-refractivity contribution is -0.118. The van der Waals surface area contributed by atoms with E-state index < -0.39 is 5.91 Å². The molecule has 5 heteroatoms. The van der Waals surface area contributed by atoms with Crippen molar-refractivity contribution in [1.29, 1.82) is 10.5 Å². The van der Waals surface area contributed by atoms with Crippen molar-refractivity contribution in [2.24, 2.45) is 0 Å². The third-order valence-corrected chi connectivity index (χ3v) is 1.48. The van der Waals surface area contributed by atoms with Crippen LogP contribution in [0.25, 0.3) is 0 Å². The lowest BCUT2D eigenvalue weighted by Gasteiger charge is -2.19. The van der Waals surface area contributed by atoms with Gasteiger partial charge in [0.05, 0.1) is 12.5 Å². The fourth-order valence-corrected chi connectivity index (χ4v) is 0.859. The fourth-order valence-electron chi connectivity index (χ4n) is 0.859. The van der Waals surface area contributed by atoms with E-state index in [2.05, 4.69) is 10.6 Å². The molecule has 86 valence electrons.